The van der Waals surface area contributed by atoms with Gasteiger partial charge in [-0.3, -0.25) is 9.59 Å². The maximum atomic E-state index is 12.2. The molecule has 0 saturated carbocycles. The second-order valence-electron chi connectivity index (χ2n) is 4.95. The lowest BCUT2D eigenvalue weighted by Gasteiger charge is -2.15. The molecule has 0 fully saturated rings. The molecule has 1 aromatic carbocycles. The van der Waals surface area contributed by atoms with E-state index in [1.54, 1.807) is 36.6 Å². The Morgan fingerprint density at radius 3 is 2.83 bits per heavy atom. The van der Waals surface area contributed by atoms with Gasteiger partial charge in [0.15, 0.2) is 11.5 Å². The van der Waals surface area contributed by atoms with Crippen LogP contribution in [0.1, 0.15) is 17.3 Å². The highest BCUT2D eigenvalue weighted by atomic mass is 32.1. The second-order valence-corrected chi connectivity index (χ2v) is 5.87. The number of ether oxygens (including phenoxy) is 2. The second kappa shape index (κ2) is 6.17. The van der Waals surface area contributed by atoms with Gasteiger partial charge in [0, 0.05) is 11.8 Å². The highest BCUT2D eigenvalue weighted by Crippen LogP contribution is 2.34. The maximum Gasteiger partial charge on any atom is 0.251 e. The molecule has 0 unspecified atom stereocenters. The lowest BCUT2D eigenvalue weighted by Crippen LogP contribution is -2.32. The highest BCUT2D eigenvalue weighted by Gasteiger charge is 2.19. The van der Waals surface area contributed by atoms with E-state index in [0.29, 0.717) is 22.1 Å². The van der Waals surface area contributed by atoms with E-state index in [0.717, 1.165) is 5.69 Å². The number of nitrogens with two attached hydrogens (primary N) is 1. The minimum absolute atomic E-state index is 0.198. The molecule has 0 saturated heterocycles. The van der Waals surface area contributed by atoms with Crippen LogP contribution < -0.4 is 25.8 Å². The number of benzene rings is 1. The van der Waals surface area contributed by atoms with Crippen molar-refractivity contribution in [2.24, 2.45) is 5.73 Å². The first-order valence-electron chi connectivity index (χ1n) is 6.89. The molecule has 2 aromatic rings. The zero-order valence-corrected chi connectivity index (χ0v) is 13.1. The maximum absolute atomic E-state index is 12.2. The first kappa shape index (κ1) is 15.2. The van der Waals surface area contributed by atoms with Crippen molar-refractivity contribution in [3.05, 3.63) is 35.2 Å². The normalized spacial score (nSPS) is 13.4. The summed E-state index contributed by atoms with van der Waals surface area (Å²) in [6, 6.07) is 6.42. The Hall–Kier alpha value is -2.74. The Labute approximate surface area is 136 Å². The lowest BCUT2D eigenvalue weighted by molar-refractivity contribution is -0.116. The summed E-state index contributed by atoms with van der Waals surface area (Å²) in [5.41, 5.74) is 6.30. The molecule has 2 amide bonds. The molecular weight excluding hydrogens is 318 g/mol. The monoisotopic (exact) mass is 333 g/mol. The van der Waals surface area contributed by atoms with Crippen LogP contribution in [0, 0.1) is 0 Å². The van der Waals surface area contributed by atoms with E-state index < -0.39 is 11.9 Å². The number of anilines is 2. The zero-order valence-electron chi connectivity index (χ0n) is 12.3. The largest absolute Gasteiger partial charge is 0.454 e. The number of nitrogens with one attached hydrogen (secondary N) is 2. The number of hydrogen-bond acceptors (Lipinski definition) is 6. The molecule has 7 nitrogen and oxygen atoms in total. The number of primary amides is 1. The van der Waals surface area contributed by atoms with Crippen molar-refractivity contribution in [3.63, 3.8) is 0 Å². The number of rotatable bonds is 5. The fraction of sp³-hybridized carbons (Fsp3) is 0.200. The average molecular weight is 333 g/mol. The first-order valence-corrected chi connectivity index (χ1v) is 7.77. The molecule has 1 aliphatic heterocycles. The predicted octanol–water partition coefficient (Wildman–Crippen LogP) is 2.01. The van der Waals surface area contributed by atoms with Gasteiger partial charge < -0.3 is 25.8 Å². The Morgan fingerprint density at radius 2 is 2.04 bits per heavy atom. The van der Waals surface area contributed by atoms with Gasteiger partial charge in [-0.1, -0.05) is 0 Å². The molecule has 23 heavy (non-hydrogen) atoms. The third-order valence-electron chi connectivity index (χ3n) is 3.32. The van der Waals surface area contributed by atoms with E-state index in [4.69, 9.17) is 15.2 Å². The van der Waals surface area contributed by atoms with Gasteiger partial charge in [0.2, 0.25) is 12.7 Å². The van der Waals surface area contributed by atoms with Crippen LogP contribution in [0.3, 0.4) is 0 Å². The standard InChI is InChI=1S/C15H15N3O4S/c1-8(14(20)18-15-10(13(16)19)4-5-23-15)17-9-2-3-11-12(6-9)22-7-21-11/h2-6,8,17H,7H2,1H3,(H2,16,19)(H,18,20)/t8-/m1/s1. The lowest BCUT2D eigenvalue weighted by atomic mass is 10.2. The molecular formula is C15H15N3O4S. The van der Waals surface area contributed by atoms with Crippen LogP contribution in [0.2, 0.25) is 0 Å². The molecule has 120 valence electrons. The van der Waals surface area contributed by atoms with Crippen LogP contribution in [0.4, 0.5) is 10.7 Å². The molecule has 0 radical (unpaired) electrons. The number of thiophene rings is 1. The molecule has 1 aromatic heterocycles. The third-order valence-corrected chi connectivity index (χ3v) is 4.15. The highest BCUT2D eigenvalue weighted by molar-refractivity contribution is 7.14. The van der Waals surface area contributed by atoms with Crippen molar-refractivity contribution in [3.8, 4) is 11.5 Å². The molecule has 0 spiro atoms. The summed E-state index contributed by atoms with van der Waals surface area (Å²) in [4.78, 5) is 23.5. The molecule has 0 bridgehead atoms. The summed E-state index contributed by atoms with van der Waals surface area (Å²) in [6.07, 6.45) is 0. The van der Waals surface area contributed by atoms with E-state index >= 15 is 0 Å². The Kier molecular flexibility index (Phi) is 4.07. The van der Waals surface area contributed by atoms with Gasteiger partial charge in [0.05, 0.1) is 5.56 Å². The SMILES string of the molecule is C[C@@H](Nc1ccc2c(c1)OCO2)C(=O)Nc1sccc1C(N)=O. The fourth-order valence-electron chi connectivity index (χ4n) is 2.12. The molecule has 0 aliphatic carbocycles. The minimum Gasteiger partial charge on any atom is -0.454 e. The van der Waals surface area contributed by atoms with E-state index in [9.17, 15) is 9.59 Å². The predicted molar refractivity (Wildman–Crippen MR) is 87.1 cm³/mol. The van der Waals surface area contributed by atoms with Crippen molar-refractivity contribution >= 4 is 33.8 Å². The Morgan fingerprint density at radius 1 is 1.26 bits per heavy atom. The number of fused-ring (bicyclic) bond motifs is 1. The van der Waals surface area contributed by atoms with Crippen LogP contribution >= 0.6 is 11.3 Å². The average Bonchev–Trinajstić information content (AvgIpc) is 3.15. The summed E-state index contributed by atoms with van der Waals surface area (Å²) in [5, 5.41) is 7.92. The topological polar surface area (TPSA) is 103 Å². The summed E-state index contributed by atoms with van der Waals surface area (Å²) < 4.78 is 10.5. The molecule has 4 N–H and O–H groups in total. The van der Waals surface area contributed by atoms with Crippen molar-refractivity contribution in [2.45, 2.75) is 13.0 Å². The summed E-state index contributed by atoms with van der Waals surface area (Å²) in [7, 11) is 0. The smallest absolute Gasteiger partial charge is 0.251 e. The van der Waals surface area contributed by atoms with Gasteiger partial charge in [-0.2, -0.15) is 0 Å². The Balaban J connectivity index is 1.66. The molecule has 1 aliphatic rings. The summed E-state index contributed by atoms with van der Waals surface area (Å²) in [6.45, 7) is 1.92. The summed E-state index contributed by atoms with van der Waals surface area (Å²) in [5.74, 6) is 0.472. The zero-order chi connectivity index (χ0) is 16.4. The van der Waals surface area contributed by atoms with Gasteiger partial charge in [-0.25, -0.2) is 0 Å². The van der Waals surface area contributed by atoms with Crippen molar-refractivity contribution < 1.29 is 19.1 Å². The third kappa shape index (κ3) is 3.21. The quantitative estimate of drug-likeness (QED) is 0.777. The summed E-state index contributed by atoms with van der Waals surface area (Å²) >= 11 is 1.25. The van der Waals surface area contributed by atoms with Crippen LogP contribution in [0.25, 0.3) is 0 Å². The van der Waals surface area contributed by atoms with E-state index in [2.05, 4.69) is 10.6 Å². The minimum atomic E-state index is -0.571. The number of hydrogen-bond donors (Lipinski definition) is 3. The van der Waals surface area contributed by atoms with Crippen molar-refractivity contribution in [1.82, 2.24) is 0 Å². The molecule has 2 heterocycles. The van der Waals surface area contributed by atoms with E-state index in [1.165, 1.54) is 11.3 Å². The van der Waals surface area contributed by atoms with Gasteiger partial charge in [0.25, 0.3) is 5.91 Å². The van der Waals surface area contributed by atoms with Crippen LogP contribution in [0.5, 0.6) is 11.5 Å². The van der Waals surface area contributed by atoms with Crippen LogP contribution in [0.15, 0.2) is 29.6 Å². The van der Waals surface area contributed by atoms with Gasteiger partial charge in [0.1, 0.15) is 11.0 Å². The molecule has 3 rings (SSSR count). The van der Waals surface area contributed by atoms with E-state index in [1.807, 2.05) is 0 Å². The van der Waals surface area contributed by atoms with Gasteiger partial charge in [-0.05, 0) is 30.5 Å². The number of amides is 2. The van der Waals surface area contributed by atoms with Crippen LogP contribution in [-0.2, 0) is 4.79 Å². The van der Waals surface area contributed by atoms with Crippen molar-refractivity contribution in [1.29, 1.82) is 0 Å². The van der Waals surface area contributed by atoms with Crippen molar-refractivity contribution in [2.75, 3.05) is 17.4 Å². The van der Waals surface area contributed by atoms with Gasteiger partial charge >= 0.3 is 0 Å². The molecule has 1 atom stereocenters. The molecule has 8 heteroatoms. The number of carbonyl (C=O) groups excluding carboxylic acids is 2. The Bertz CT molecular complexity index is 759. The number of carbonyl (C=O) groups is 2. The van der Waals surface area contributed by atoms with Gasteiger partial charge in [-0.15, -0.1) is 11.3 Å². The first-order chi connectivity index (χ1) is 11.0. The van der Waals surface area contributed by atoms with Crippen LogP contribution in [-0.4, -0.2) is 24.6 Å². The fourth-order valence-corrected chi connectivity index (χ4v) is 2.92. The van der Waals surface area contributed by atoms with E-state index in [-0.39, 0.29) is 12.7 Å².